The Balaban J connectivity index is 1.81. The molecule has 2 heterocycles. The molecule has 130 valence electrons. The molecule has 1 atom stereocenters. The lowest BCUT2D eigenvalue weighted by molar-refractivity contribution is 0.0478. The van der Waals surface area contributed by atoms with Crippen molar-refractivity contribution in [1.82, 2.24) is 14.8 Å². The van der Waals surface area contributed by atoms with Crippen LogP contribution in [0.1, 0.15) is 16.8 Å². The van der Waals surface area contributed by atoms with Crippen LogP contribution in [0.25, 0.3) is 16.6 Å². The number of nitrogens with zero attached hydrogens (tertiary/aromatic N) is 3. The Morgan fingerprint density at radius 3 is 2.54 bits per heavy atom. The molecule has 0 aliphatic heterocycles. The highest BCUT2D eigenvalue weighted by molar-refractivity contribution is 5.81. The van der Waals surface area contributed by atoms with Gasteiger partial charge in [0.05, 0.1) is 23.1 Å². The molecule has 4 nitrogen and oxygen atoms in total. The molecule has 0 bridgehead atoms. The van der Waals surface area contributed by atoms with Crippen molar-refractivity contribution >= 4 is 10.9 Å². The Hall–Kier alpha value is -3.05. The highest BCUT2D eigenvalue weighted by Gasteiger charge is 2.33. The number of aliphatic hydroxyl groups is 1. The summed E-state index contributed by atoms with van der Waals surface area (Å²) in [5.41, 5.74) is 1.75. The van der Waals surface area contributed by atoms with E-state index in [9.17, 15) is 9.50 Å². The van der Waals surface area contributed by atoms with Gasteiger partial charge >= 0.3 is 0 Å². The largest absolute Gasteiger partial charge is 0.376 e. The zero-order valence-corrected chi connectivity index (χ0v) is 14.3. The quantitative estimate of drug-likeness (QED) is 0.608. The van der Waals surface area contributed by atoms with E-state index in [1.54, 1.807) is 30.6 Å². The van der Waals surface area contributed by atoms with Gasteiger partial charge in [0.25, 0.3) is 0 Å². The molecular formula is C21H18FN3O. The minimum atomic E-state index is -1.78. The van der Waals surface area contributed by atoms with Gasteiger partial charge in [0, 0.05) is 11.6 Å². The summed E-state index contributed by atoms with van der Waals surface area (Å²) in [6, 6.07) is 18.6. The van der Waals surface area contributed by atoms with Gasteiger partial charge in [0.15, 0.2) is 5.60 Å². The molecule has 5 heteroatoms. The van der Waals surface area contributed by atoms with E-state index >= 15 is 0 Å². The third-order valence-electron chi connectivity index (χ3n) is 4.57. The van der Waals surface area contributed by atoms with Gasteiger partial charge in [0.1, 0.15) is 6.67 Å². The minimum Gasteiger partial charge on any atom is -0.376 e. The zero-order chi connectivity index (χ0) is 18.1. The van der Waals surface area contributed by atoms with E-state index in [1.807, 2.05) is 54.1 Å². The van der Waals surface area contributed by atoms with Crippen LogP contribution in [0.5, 0.6) is 0 Å². The number of hydrogen-bond donors (Lipinski definition) is 1. The Labute approximate surface area is 150 Å². The summed E-state index contributed by atoms with van der Waals surface area (Å²) in [7, 11) is 0. The molecule has 0 fully saturated rings. The molecule has 2 aromatic heterocycles. The van der Waals surface area contributed by atoms with E-state index < -0.39 is 12.3 Å². The van der Waals surface area contributed by atoms with Crippen molar-refractivity contribution in [1.29, 1.82) is 0 Å². The van der Waals surface area contributed by atoms with Crippen molar-refractivity contribution in [3.05, 3.63) is 89.9 Å². The Morgan fingerprint density at radius 1 is 1.04 bits per heavy atom. The second-order valence-electron chi connectivity index (χ2n) is 6.38. The van der Waals surface area contributed by atoms with Crippen LogP contribution in [0.4, 0.5) is 4.39 Å². The molecule has 0 amide bonds. The van der Waals surface area contributed by atoms with Crippen LogP contribution < -0.4 is 0 Å². The first kappa shape index (κ1) is 16.4. The van der Waals surface area contributed by atoms with Crippen LogP contribution in [0, 0.1) is 6.92 Å². The predicted molar refractivity (Wildman–Crippen MR) is 99.0 cm³/mol. The lowest BCUT2D eigenvalue weighted by atomic mass is 9.90. The first-order chi connectivity index (χ1) is 12.6. The van der Waals surface area contributed by atoms with Crippen molar-refractivity contribution < 1.29 is 9.50 Å². The van der Waals surface area contributed by atoms with Crippen LogP contribution in [0.15, 0.2) is 73.1 Å². The monoisotopic (exact) mass is 347 g/mol. The topological polar surface area (TPSA) is 50.9 Å². The molecule has 0 aliphatic carbocycles. The maximum absolute atomic E-state index is 13.9. The average molecular weight is 347 g/mol. The van der Waals surface area contributed by atoms with Crippen molar-refractivity contribution in [2.45, 2.75) is 12.5 Å². The molecule has 26 heavy (non-hydrogen) atoms. The second-order valence-corrected chi connectivity index (χ2v) is 6.38. The summed E-state index contributed by atoms with van der Waals surface area (Å²) in [6.07, 6.45) is 3.34. The van der Waals surface area contributed by atoms with Crippen LogP contribution in [-0.2, 0) is 5.60 Å². The van der Waals surface area contributed by atoms with Crippen LogP contribution >= 0.6 is 0 Å². The summed E-state index contributed by atoms with van der Waals surface area (Å²) in [5.74, 6) is 0. The highest BCUT2D eigenvalue weighted by atomic mass is 19.1. The number of halogens is 1. The van der Waals surface area contributed by atoms with E-state index in [0.717, 1.165) is 22.2 Å². The fourth-order valence-corrected chi connectivity index (χ4v) is 3.07. The summed E-state index contributed by atoms with van der Waals surface area (Å²) >= 11 is 0. The minimum absolute atomic E-state index is 0.292. The van der Waals surface area contributed by atoms with E-state index in [2.05, 4.69) is 10.1 Å². The van der Waals surface area contributed by atoms with Crippen LogP contribution in [0.3, 0.4) is 0 Å². The average Bonchev–Trinajstić information content (AvgIpc) is 3.12. The normalized spacial score (nSPS) is 13.7. The number of fused-ring (bicyclic) bond motifs is 1. The third-order valence-corrected chi connectivity index (χ3v) is 4.57. The van der Waals surface area contributed by atoms with Crippen molar-refractivity contribution in [3.8, 4) is 5.69 Å². The molecule has 0 radical (unpaired) electrons. The fraction of sp³-hybridized carbons (Fsp3) is 0.143. The number of alkyl halides is 1. The molecule has 0 saturated carbocycles. The Morgan fingerprint density at radius 2 is 1.85 bits per heavy atom. The number of benzene rings is 2. The second kappa shape index (κ2) is 6.35. The molecule has 0 saturated heterocycles. The van der Waals surface area contributed by atoms with Gasteiger partial charge in [-0.25, -0.2) is 9.07 Å². The Kier molecular flexibility index (Phi) is 4.01. The molecule has 2 aromatic carbocycles. The van der Waals surface area contributed by atoms with E-state index in [0.29, 0.717) is 11.3 Å². The number of aryl methyl sites for hydroxylation is 1. The number of pyridine rings is 1. The maximum Gasteiger partial charge on any atom is 0.160 e. The summed E-state index contributed by atoms with van der Waals surface area (Å²) in [4.78, 5) is 4.22. The molecular weight excluding hydrogens is 329 g/mol. The molecule has 4 aromatic rings. The van der Waals surface area contributed by atoms with E-state index in [-0.39, 0.29) is 0 Å². The number of aromatic nitrogens is 3. The van der Waals surface area contributed by atoms with Crippen molar-refractivity contribution in [3.63, 3.8) is 0 Å². The lowest BCUT2D eigenvalue weighted by Crippen LogP contribution is -2.31. The maximum atomic E-state index is 13.9. The van der Waals surface area contributed by atoms with Gasteiger partial charge in [-0.05, 0) is 48.4 Å². The number of rotatable bonds is 4. The van der Waals surface area contributed by atoms with Gasteiger partial charge < -0.3 is 5.11 Å². The van der Waals surface area contributed by atoms with Gasteiger partial charge in [-0.2, -0.15) is 5.10 Å². The molecule has 0 aliphatic rings. The van der Waals surface area contributed by atoms with Crippen molar-refractivity contribution in [2.75, 3.05) is 6.67 Å². The van der Waals surface area contributed by atoms with E-state index in [1.165, 1.54) is 0 Å². The standard InChI is InChI=1S/C21H18FN3O/c1-15-7-10-20(23-12-15)21(26,14-22)17-8-9-19-16(11-17)13-24-25(19)18-5-3-2-4-6-18/h2-13,26H,14H2,1H3. The zero-order valence-electron chi connectivity index (χ0n) is 14.3. The first-order valence-corrected chi connectivity index (χ1v) is 8.37. The van der Waals surface area contributed by atoms with Crippen LogP contribution in [0.2, 0.25) is 0 Å². The lowest BCUT2D eigenvalue weighted by Gasteiger charge is -2.25. The smallest absolute Gasteiger partial charge is 0.160 e. The summed E-state index contributed by atoms with van der Waals surface area (Å²) in [5, 5.41) is 16.2. The van der Waals surface area contributed by atoms with Gasteiger partial charge in [-0.1, -0.05) is 30.3 Å². The Bertz CT molecular complexity index is 1040. The van der Waals surface area contributed by atoms with Gasteiger partial charge in [-0.15, -0.1) is 0 Å². The number of para-hydroxylation sites is 1. The summed E-state index contributed by atoms with van der Waals surface area (Å²) < 4.78 is 15.7. The van der Waals surface area contributed by atoms with Crippen molar-refractivity contribution in [2.24, 2.45) is 0 Å². The molecule has 0 spiro atoms. The molecule has 1 N–H and O–H groups in total. The summed E-state index contributed by atoms with van der Waals surface area (Å²) in [6.45, 7) is 0.941. The highest BCUT2D eigenvalue weighted by Crippen LogP contribution is 2.31. The van der Waals surface area contributed by atoms with Crippen LogP contribution in [-0.4, -0.2) is 26.5 Å². The van der Waals surface area contributed by atoms with E-state index in [4.69, 9.17) is 0 Å². The first-order valence-electron chi connectivity index (χ1n) is 8.37. The van der Waals surface area contributed by atoms with Gasteiger partial charge in [-0.3, -0.25) is 4.98 Å². The number of hydrogen-bond acceptors (Lipinski definition) is 3. The molecule has 1 unspecified atom stereocenters. The SMILES string of the molecule is Cc1ccc(C(O)(CF)c2ccc3c(cnn3-c3ccccc3)c2)nc1. The third kappa shape index (κ3) is 2.66. The van der Waals surface area contributed by atoms with Gasteiger partial charge in [0.2, 0.25) is 0 Å². The molecule has 4 rings (SSSR count). The predicted octanol–water partition coefficient (Wildman–Crippen LogP) is 3.93. The fourth-order valence-electron chi connectivity index (χ4n) is 3.07.